The smallest absolute Gasteiger partial charge is 0.230 e. The lowest BCUT2D eigenvalue weighted by atomic mass is 10.1. The quantitative estimate of drug-likeness (QED) is 0.152. The van der Waals surface area contributed by atoms with Gasteiger partial charge < -0.3 is 28.1 Å². The predicted molar refractivity (Wildman–Crippen MR) is 162 cm³/mol. The third kappa shape index (κ3) is 10.5. The summed E-state index contributed by atoms with van der Waals surface area (Å²) in [6.45, 7) is 2.58. The van der Waals surface area contributed by atoms with Gasteiger partial charge in [-0.2, -0.15) is 0 Å². The van der Waals surface area contributed by atoms with Gasteiger partial charge in [-0.3, -0.25) is 0 Å². The fourth-order valence-electron chi connectivity index (χ4n) is 4.48. The van der Waals surface area contributed by atoms with Gasteiger partial charge in [0.1, 0.15) is 39.4 Å². The molecular formula is C32H36F4N6O4+2. The highest BCUT2D eigenvalue weighted by molar-refractivity contribution is 5.77. The minimum atomic E-state index is -1.01. The van der Waals surface area contributed by atoms with Crippen LogP contribution in [0.5, 0.6) is 0 Å². The fourth-order valence-corrected chi connectivity index (χ4v) is 4.48. The number of benzene rings is 2. The highest BCUT2D eigenvalue weighted by Gasteiger charge is 2.21. The first-order chi connectivity index (χ1) is 21.9. The van der Waals surface area contributed by atoms with E-state index in [4.69, 9.17) is 19.1 Å². The van der Waals surface area contributed by atoms with Crippen LogP contribution in [0, 0.1) is 47.0 Å². The summed E-state index contributed by atoms with van der Waals surface area (Å²) in [5.74, 6) is 8.71. The maximum atomic E-state index is 14.9. The van der Waals surface area contributed by atoms with Crippen molar-refractivity contribution in [1.29, 1.82) is 0 Å². The second-order valence-electron chi connectivity index (χ2n) is 11.9. The van der Waals surface area contributed by atoms with Crippen molar-refractivity contribution in [3.05, 3.63) is 58.7 Å². The number of rotatable bonds is 10. The van der Waals surface area contributed by atoms with Gasteiger partial charge >= 0.3 is 0 Å². The molecule has 2 aromatic rings. The number of hydrogen-bond acceptors (Lipinski definition) is 8. The van der Waals surface area contributed by atoms with Crippen molar-refractivity contribution in [2.24, 2.45) is 20.5 Å². The van der Waals surface area contributed by atoms with Crippen LogP contribution in [0.1, 0.15) is 24.0 Å². The molecule has 0 saturated heterocycles. The summed E-state index contributed by atoms with van der Waals surface area (Å²) in [4.78, 5) is 9.70. The van der Waals surface area contributed by atoms with Gasteiger partial charge in [0.25, 0.3) is 0 Å². The minimum Gasteiger partial charge on any atom is -0.465 e. The molecule has 4 rings (SSSR count). The van der Waals surface area contributed by atoms with E-state index in [0.717, 1.165) is 24.3 Å². The molecule has 244 valence electrons. The molecule has 0 N–H and O–H groups in total. The summed E-state index contributed by atoms with van der Waals surface area (Å²) in [6.07, 6.45) is 1.21. The average molecular weight is 645 g/mol. The van der Waals surface area contributed by atoms with E-state index >= 15 is 0 Å². The molecule has 0 atom stereocenters. The summed E-state index contributed by atoms with van der Waals surface area (Å²) >= 11 is 0. The topological polar surface area (TPSA) is 86.4 Å². The molecule has 0 aromatic heterocycles. The standard InChI is InChI=1S/C32H36F4N6O4/c1-41(2,11-5-7-13-43-29-9-15-45-39-29)21-23-17-25(33)31(26(34)18-23)37-38-32-27(35)19-24(20-28(32)36)22-42(3,4)12-6-8-14-44-30-10-16-46-40-30/h17-20H,9-16,21-22H2,1-4H3/q+2. The van der Waals surface area contributed by atoms with Gasteiger partial charge in [-0.15, -0.1) is 10.2 Å². The van der Waals surface area contributed by atoms with Gasteiger partial charge in [-0.25, -0.2) is 17.6 Å². The minimum absolute atomic E-state index is 0.159. The van der Waals surface area contributed by atoms with Gasteiger partial charge in [0.15, 0.2) is 47.9 Å². The number of oxime groups is 2. The van der Waals surface area contributed by atoms with E-state index in [2.05, 4.69) is 44.2 Å². The van der Waals surface area contributed by atoms with Crippen LogP contribution in [-0.2, 0) is 32.2 Å². The normalized spacial score (nSPS) is 14.4. The summed E-state index contributed by atoms with van der Waals surface area (Å²) in [5, 5.41) is 14.5. The lowest BCUT2D eigenvalue weighted by molar-refractivity contribution is -0.896. The highest BCUT2D eigenvalue weighted by atomic mass is 19.1. The van der Waals surface area contributed by atoms with Gasteiger partial charge in [0.2, 0.25) is 11.8 Å². The van der Waals surface area contributed by atoms with Crippen molar-refractivity contribution < 1.29 is 45.7 Å². The molecule has 0 amide bonds. The van der Waals surface area contributed by atoms with Crippen LogP contribution in [0.2, 0.25) is 0 Å². The molecule has 0 fully saturated rings. The SMILES string of the molecule is C[N+](C)(CC#CCOC1=NOCC1)Cc1cc(F)c(N=Nc2c(F)cc(C[N+](C)(C)CC#CCOC3=NOCC3)cc2F)c(F)c1. The maximum Gasteiger partial charge on any atom is 0.230 e. The van der Waals surface area contributed by atoms with E-state index in [1.807, 2.05) is 28.2 Å². The molecule has 14 heteroatoms. The molecule has 2 aliphatic heterocycles. The Kier molecular flexibility index (Phi) is 11.6. The van der Waals surface area contributed by atoms with Gasteiger partial charge in [0, 0.05) is 11.1 Å². The Balaban J connectivity index is 1.34. The van der Waals surface area contributed by atoms with E-state index < -0.39 is 34.6 Å². The monoisotopic (exact) mass is 644 g/mol. The Labute approximate surface area is 265 Å². The fraction of sp³-hybridized carbons (Fsp3) is 0.438. The van der Waals surface area contributed by atoms with Crippen molar-refractivity contribution in [2.45, 2.75) is 25.9 Å². The van der Waals surface area contributed by atoms with Crippen LogP contribution in [0.25, 0.3) is 0 Å². The second-order valence-corrected chi connectivity index (χ2v) is 11.9. The zero-order valence-electron chi connectivity index (χ0n) is 26.2. The number of nitrogens with zero attached hydrogens (tertiary/aromatic N) is 6. The lowest BCUT2D eigenvalue weighted by Crippen LogP contribution is -2.39. The number of hydrogen-bond donors (Lipinski definition) is 0. The van der Waals surface area contributed by atoms with Crippen LogP contribution in [-0.4, -0.2) is 88.5 Å². The average Bonchev–Trinajstić information content (AvgIpc) is 3.68. The summed E-state index contributed by atoms with van der Waals surface area (Å²) < 4.78 is 70.9. The number of quaternary nitrogens is 2. The molecule has 46 heavy (non-hydrogen) atoms. The lowest BCUT2D eigenvalue weighted by Gasteiger charge is -2.27. The Morgan fingerprint density at radius 3 is 1.35 bits per heavy atom. The number of ether oxygens (including phenoxy) is 2. The van der Waals surface area contributed by atoms with Gasteiger partial charge in [-0.05, 0) is 36.1 Å². The number of halogens is 4. The Morgan fingerprint density at radius 1 is 0.652 bits per heavy atom. The molecule has 0 aliphatic carbocycles. The van der Waals surface area contributed by atoms with Crippen LogP contribution >= 0.6 is 0 Å². The van der Waals surface area contributed by atoms with E-state index in [-0.39, 0.29) is 26.3 Å². The molecular weight excluding hydrogens is 608 g/mol. The van der Waals surface area contributed by atoms with E-state index in [9.17, 15) is 17.6 Å². The number of azo groups is 1. The highest BCUT2D eigenvalue weighted by Crippen LogP contribution is 2.30. The molecule has 0 bridgehead atoms. The Hall–Kier alpha value is -4.66. The van der Waals surface area contributed by atoms with Crippen molar-refractivity contribution in [3.8, 4) is 23.7 Å². The second kappa shape index (κ2) is 15.6. The zero-order chi connectivity index (χ0) is 33.2. The summed E-state index contributed by atoms with van der Waals surface area (Å²) in [7, 11) is 7.43. The molecule has 0 spiro atoms. The first-order valence-corrected chi connectivity index (χ1v) is 14.5. The van der Waals surface area contributed by atoms with Crippen LogP contribution in [0.3, 0.4) is 0 Å². The van der Waals surface area contributed by atoms with Crippen molar-refractivity contribution in [1.82, 2.24) is 0 Å². The predicted octanol–water partition coefficient (Wildman–Crippen LogP) is 5.32. The molecule has 2 heterocycles. The third-order valence-electron chi connectivity index (χ3n) is 6.66. The molecule has 0 unspecified atom stereocenters. The Bertz CT molecular complexity index is 1470. The molecule has 10 nitrogen and oxygen atoms in total. The zero-order valence-corrected chi connectivity index (χ0v) is 26.2. The van der Waals surface area contributed by atoms with Crippen LogP contribution in [0.4, 0.5) is 28.9 Å². The molecule has 0 saturated carbocycles. The van der Waals surface area contributed by atoms with Gasteiger partial charge in [-0.1, -0.05) is 22.2 Å². The largest absolute Gasteiger partial charge is 0.465 e. The first-order valence-electron chi connectivity index (χ1n) is 14.5. The molecule has 2 aromatic carbocycles. The molecule has 2 aliphatic rings. The third-order valence-corrected chi connectivity index (χ3v) is 6.66. The van der Waals surface area contributed by atoms with E-state index in [1.165, 1.54) is 0 Å². The first kappa shape index (κ1) is 34.2. The summed E-state index contributed by atoms with van der Waals surface area (Å²) in [6, 6.07) is 4.48. The van der Waals surface area contributed by atoms with Gasteiger partial charge in [0.05, 0.1) is 41.0 Å². The maximum absolute atomic E-state index is 14.9. The van der Waals surface area contributed by atoms with Crippen molar-refractivity contribution >= 4 is 23.2 Å². The Morgan fingerprint density at radius 2 is 1.02 bits per heavy atom. The van der Waals surface area contributed by atoms with Crippen LogP contribution in [0.15, 0.2) is 44.8 Å². The summed E-state index contributed by atoms with van der Waals surface area (Å²) in [5.41, 5.74) is -0.792. The van der Waals surface area contributed by atoms with Crippen molar-refractivity contribution in [3.63, 3.8) is 0 Å². The molecule has 0 radical (unpaired) electrons. The van der Waals surface area contributed by atoms with E-state index in [1.54, 1.807) is 0 Å². The van der Waals surface area contributed by atoms with Crippen LogP contribution < -0.4 is 0 Å². The van der Waals surface area contributed by atoms with E-state index in [0.29, 0.717) is 71.0 Å². The van der Waals surface area contributed by atoms with Crippen molar-refractivity contribution in [2.75, 3.05) is 67.7 Å².